The smallest absolute Gasteiger partial charge is 0.0230 e. The minimum Gasteiger partial charge on any atom is -0.0651 e. The molecule has 0 nitrogen and oxygen atoms in total. The molecule has 0 aromatic carbocycles. The first-order chi connectivity index (χ1) is 3.85. The van der Waals surface area contributed by atoms with Crippen molar-refractivity contribution in [3.63, 3.8) is 0 Å². The van der Waals surface area contributed by atoms with Crippen molar-refractivity contribution in [2.24, 2.45) is 5.92 Å². The first-order valence-electron chi connectivity index (χ1n) is 3.85. The molecular formula is C7H16. The fraction of sp³-hybridized carbons (Fsp3) is 1.00. The molecule has 0 saturated heterocycles. The van der Waals surface area contributed by atoms with E-state index in [0.29, 0.717) is 6.90 Å². The van der Waals surface area contributed by atoms with E-state index in [1.54, 1.807) is 0 Å². The van der Waals surface area contributed by atoms with Crippen molar-refractivity contribution >= 4 is 0 Å². The maximum absolute atomic E-state index is 6.94. The van der Waals surface area contributed by atoms with E-state index in [2.05, 4.69) is 13.8 Å². The quantitative estimate of drug-likeness (QED) is 0.512. The molecule has 0 rings (SSSR count). The van der Waals surface area contributed by atoms with Crippen molar-refractivity contribution in [1.29, 1.82) is 0 Å². The zero-order valence-corrected chi connectivity index (χ0v) is 5.41. The van der Waals surface area contributed by atoms with Crippen LogP contribution in [-0.4, -0.2) is 0 Å². The minimum absolute atomic E-state index is 0.604. The molecule has 0 amide bonds. The van der Waals surface area contributed by atoms with Crippen LogP contribution in [0.1, 0.15) is 41.4 Å². The molecule has 0 saturated carbocycles. The Morgan fingerprint density at radius 1 is 1.29 bits per heavy atom. The summed E-state index contributed by atoms with van der Waals surface area (Å²) in [5, 5.41) is 0. The Hall–Kier alpha value is 0. The number of hydrogen-bond acceptors (Lipinski definition) is 0. The van der Waals surface area contributed by atoms with E-state index in [1.165, 1.54) is 12.8 Å². The maximum atomic E-state index is 6.94. The molecule has 0 aliphatic carbocycles. The van der Waals surface area contributed by atoms with Gasteiger partial charge in [0.25, 0.3) is 0 Å². The molecule has 7 heavy (non-hydrogen) atoms. The minimum atomic E-state index is 0.604. The summed E-state index contributed by atoms with van der Waals surface area (Å²) in [7, 11) is 0. The molecule has 0 heteroatoms. The van der Waals surface area contributed by atoms with E-state index in [1.807, 2.05) is 0 Å². The van der Waals surface area contributed by atoms with Crippen LogP contribution in [0.25, 0.3) is 0 Å². The van der Waals surface area contributed by atoms with Gasteiger partial charge >= 0.3 is 0 Å². The van der Waals surface area contributed by atoms with Gasteiger partial charge in [0, 0.05) is 1.37 Å². The van der Waals surface area contributed by atoms with Crippen molar-refractivity contribution in [3.8, 4) is 0 Å². The van der Waals surface area contributed by atoms with E-state index >= 15 is 0 Å². The van der Waals surface area contributed by atoms with Crippen LogP contribution in [0.5, 0.6) is 0 Å². The Labute approximate surface area is 48.3 Å². The van der Waals surface area contributed by atoms with Gasteiger partial charge in [-0.25, -0.2) is 0 Å². The molecule has 0 aromatic rings. The van der Waals surface area contributed by atoms with Gasteiger partial charge in [-0.3, -0.25) is 0 Å². The Kier molecular flexibility index (Phi) is 3.06. The average molecular weight is 101 g/mol. The summed E-state index contributed by atoms with van der Waals surface area (Å²) in [4.78, 5) is 0. The Morgan fingerprint density at radius 3 is 2.00 bits per heavy atom. The predicted molar refractivity (Wildman–Crippen MR) is 34.4 cm³/mol. The first kappa shape index (κ1) is 5.14. The summed E-state index contributed by atoms with van der Waals surface area (Å²) < 4.78 is 6.94. The van der Waals surface area contributed by atoms with E-state index < -0.39 is 0 Å². The third-order valence-electron chi connectivity index (χ3n) is 1.56. The molecule has 0 fully saturated rings. The monoisotopic (exact) mass is 101 g/mol. The predicted octanol–water partition coefficient (Wildman–Crippen LogP) is 2.83. The second-order valence-corrected chi connectivity index (χ2v) is 1.97. The van der Waals surface area contributed by atoms with E-state index in [4.69, 9.17) is 1.37 Å². The highest BCUT2D eigenvalue weighted by Crippen LogP contribution is 2.09. The molecule has 0 aliphatic heterocycles. The second kappa shape index (κ2) is 4.17. The second-order valence-electron chi connectivity index (χ2n) is 1.97. The van der Waals surface area contributed by atoms with Crippen LogP contribution in [0.3, 0.4) is 0 Å². The molecule has 0 atom stereocenters. The van der Waals surface area contributed by atoms with Crippen molar-refractivity contribution in [3.05, 3.63) is 0 Å². The van der Waals surface area contributed by atoms with Crippen LogP contribution in [0, 0.1) is 5.92 Å². The Balaban J connectivity index is 3.07. The SMILES string of the molecule is [2H]CCC(CC)CC. The summed E-state index contributed by atoms with van der Waals surface area (Å²) in [6.45, 7) is 5.00. The van der Waals surface area contributed by atoms with Gasteiger partial charge in [-0.15, -0.1) is 0 Å². The van der Waals surface area contributed by atoms with Crippen molar-refractivity contribution in [2.45, 2.75) is 40.0 Å². The summed E-state index contributed by atoms with van der Waals surface area (Å²) in [6.07, 6.45) is 3.58. The molecule has 0 unspecified atom stereocenters. The standard InChI is InChI=1S/C7H16/c1-4-7(5-2)6-3/h7H,4-6H2,1-3H3/i1D. The summed E-state index contributed by atoms with van der Waals surface area (Å²) in [5.41, 5.74) is 0. The molecule has 0 bridgehead atoms. The van der Waals surface area contributed by atoms with Gasteiger partial charge in [0.1, 0.15) is 0 Å². The van der Waals surface area contributed by atoms with Gasteiger partial charge in [0.2, 0.25) is 0 Å². The largest absolute Gasteiger partial charge is 0.0651 e. The van der Waals surface area contributed by atoms with E-state index in [0.717, 1.165) is 12.3 Å². The normalized spacial score (nSPS) is 12.1. The van der Waals surface area contributed by atoms with Crippen molar-refractivity contribution < 1.29 is 1.37 Å². The fourth-order valence-corrected chi connectivity index (χ4v) is 0.697. The van der Waals surface area contributed by atoms with Gasteiger partial charge in [-0.1, -0.05) is 40.0 Å². The lowest BCUT2D eigenvalue weighted by molar-refractivity contribution is 0.477. The highest BCUT2D eigenvalue weighted by Gasteiger charge is 1.95. The van der Waals surface area contributed by atoms with Crippen molar-refractivity contribution in [2.75, 3.05) is 0 Å². The molecule has 0 N–H and O–H groups in total. The highest BCUT2D eigenvalue weighted by molar-refractivity contribution is 4.48. The van der Waals surface area contributed by atoms with Crippen LogP contribution in [0.15, 0.2) is 0 Å². The molecule has 0 aromatic heterocycles. The third kappa shape index (κ3) is 2.67. The number of hydrogen-bond donors (Lipinski definition) is 0. The number of rotatable bonds is 3. The average Bonchev–Trinajstić information content (AvgIpc) is 1.83. The fourth-order valence-electron chi connectivity index (χ4n) is 0.697. The van der Waals surface area contributed by atoms with Gasteiger partial charge in [0.05, 0.1) is 0 Å². The van der Waals surface area contributed by atoms with Gasteiger partial charge in [0.15, 0.2) is 0 Å². The highest BCUT2D eigenvalue weighted by atomic mass is 14.0. The van der Waals surface area contributed by atoms with E-state index in [-0.39, 0.29) is 0 Å². The van der Waals surface area contributed by atoms with Crippen LogP contribution in [0.4, 0.5) is 0 Å². The molecular weight excluding hydrogens is 84.1 g/mol. The zero-order chi connectivity index (χ0) is 6.41. The summed E-state index contributed by atoms with van der Waals surface area (Å²) in [6, 6.07) is 0. The lowest BCUT2D eigenvalue weighted by Crippen LogP contribution is -1.91. The Morgan fingerprint density at radius 2 is 1.86 bits per heavy atom. The van der Waals surface area contributed by atoms with Crippen LogP contribution >= 0.6 is 0 Å². The molecule has 0 heterocycles. The maximum Gasteiger partial charge on any atom is 0.0230 e. The van der Waals surface area contributed by atoms with Gasteiger partial charge < -0.3 is 0 Å². The third-order valence-corrected chi connectivity index (χ3v) is 1.56. The van der Waals surface area contributed by atoms with Gasteiger partial charge in [-0.05, 0) is 5.92 Å². The van der Waals surface area contributed by atoms with E-state index in [9.17, 15) is 0 Å². The summed E-state index contributed by atoms with van der Waals surface area (Å²) in [5.74, 6) is 0.812. The molecule has 44 valence electrons. The van der Waals surface area contributed by atoms with Crippen molar-refractivity contribution in [1.82, 2.24) is 0 Å². The zero-order valence-electron chi connectivity index (χ0n) is 6.41. The molecule has 0 aliphatic rings. The summed E-state index contributed by atoms with van der Waals surface area (Å²) >= 11 is 0. The molecule has 0 spiro atoms. The van der Waals surface area contributed by atoms with Gasteiger partial charge in [-0.2, -0.15) is 0 Å². The first-order valence-corrected chi connectivity index (χ1v) is 3.14. The van der Waals surface area contributed by atoms with Crippen LogP contribution in [-0.2, 0) is 0 Å². The lowest BCUT2D eigenvalue weighted by Gasteiger charge is -2.05. The topological polar surface area (TPSA) is 0 Å². The Bertz CT molecular complexity index is 39.7. The molecule has 0 radical (unpaired) electrons. The van der Waals surface area contributed by atoms with Crippen LogP contribution < -0.4 is 0 Å². The lowest BCUT2D eigenvalue weighted by atomic mass is 10.0. The van der Waals surface area contributed by atoms with Crippen LogP contribution in [0.2, 0.25) is 0 Å².